The molecule has 0 saturated heterocycles. The van der Waals surface area contributed by atoms with Gasteiger partial charge >= 0.3 is 0 Å². The second kappa shape index (κ2) is 5.34. The van der Waals surface area contributed by atoms with Crippen molar-refractivity contribution in [2.75, 3.05) is 12.4 Å². The topological polar surface area (TPSA) is 21.3 Å². The maximum atomic E-state index is 13.1. The third-order valence-electron chi connectivity index (χ3n) is 2.42. The van der Waals surface area contributed by atoms with E-state index < -0.39 is 0 Å². The van der Waals surface area contributed by atoms with Gasteiger partial charge in [0.25, 0.3) is 0 Å². The van der Waals surface area contributed by atoms with Crippen LogP contribution in [0, 0.1) is 11.9 Å². The van der Waals surface area contributed by atoms with Gasteiger partial charge < -0.3 is 10.1 Å². The average Bonchev–Trinajstić information content (AvgIpc) is 2.38. The maximum absolute atomic E-state index is 13.1. The minimum absolute atomic E-state index is 0.264. The maximum Gasteiger partial charge on any atom is 0.124 e. The predicted molar refractivity (Wildman–Crippen MR) is 65.6 cm³/mol. The van der Waals surface area contributed by atoms with E-state index in [0.29, 0.717) is 12.3 Å². The molecule has 2 rings (SSSR count). The Morgan fingerprint density at radius 2 is 2.18 bits per heavy atom. The molecule has 2 nitrogen and oxygen atoms in total. The van der Waals surface area contributed by atoms with Crippen LogP contribution in [0.3, 0.4) is 0 Å². The molecule has 0 aromatic heterocycles. The van der Waals surface area contributed by atoms with Crippen LogP contribution in [0.5, 0.6) is 5.75 Å². The third-order valence-corrected chi connectivity index (χ3v) is 2.42. The first kappa shape index (κ1) is 11.5. The van der Waals surface area contributed by atoms with Gasteiger partial charge in [0.15, 0.2) is 0 Å². The molecular formula is C14H13FNO. The highest BCUT2D eigenvalue weighted by molar-refractivity contribution is 5.44. The number of hydrogen-bond acceptors (Lipinski definition) is 2. The Balaban J connectivity index is 2.11. The minimum atomic E-state index is -0.264. The summed E-state index contributed by atoms with van der Waals surface area (Å²) in [6, 6.07) is 15.1. The lowest BCUT2D eigenvalue weighted by molar-refractivity contribution is 0.409. The van der Waals surface area contributed by atoms with Crippen molar-refractivity contribution in [1.29, 1.82) is 0 Å². The molecule has 0 saturated carbocycles. The highest BCUT2D eigenvalue weighted by atomic mass is 19.1. The van der Waals surface area contributed by atoms with E-state index in [0.717, 1.165) is 11.3 Å². The van der Waals surface area contributed by atoms with Crippen LogP contribution in [0.1, 0.15) is 5.56 Å². The van der Waals surface area contributed by atoms with E-state index in [1.165, 1.54) is 12.1 Å². The van der Waals surface area contributed by atoms with Crippen molar-refractivity contribution in [1.82, 2.24) is 0 Å². The van der Waals surface area contributed by atoms with Gasteiger partial charge in [-0.1, -0.05) is 18.2 Å². The van der Waals surface area contributed by atoms with Crippen LogP contribution >= 0.6 is 0 Å². The first-order valence-corrected chi connectivity index (χ1v) is 5.32. The molecule has 1 radical (unpaired) electrons. The van der Waals surface area contributed by atoms with Crippen LogP contribution in [0.4, 0.5) is 10.1 Å². The molecular weight excluding hydrogens is 217 g/mol. The Kier molecular flexibility index (Phi) is 3.60. The molecule has 0 spiro atoms. The van der Waals surface area contributed by atoms with Crippen LogP contribution in [0.15, 0.2) is 42.5 Å². The zero-order chi connectivity index (χ0) is 12.1. The molecule has 1 N–H and O–H groups in total. The van der Waals surface area contributed by atoms with Gasteiger partial charge in [0.05, 0.1) is 7.11 Å². The smallest absolute Gasteiger partial charge is 0.124 e. The molecule has 0 aliphatic rings. The van der Waals surface area contributed by atoms with E-state index in [4.69, 9.17) is 4.74 Å². The van der Waals surface area contributed by atoms with Crippen molar-refractivity contribution in [3.8, 4) is 5.75 Å². The van der Waals surface area contributed by atoms with Crippen molar-refractivity contribution in [3.63, 3.8) is 0 Å². The quantitative estimate of drug-likeness (QED) is 0.870. The van der Waals surface area contributed by atoms with Crippen LogP contribution in [-0.4, -0.2) is 7.11 Å². The number of hydrogen-bond donors (Lipinski definition) is 1. The molecule has 0 unspecified atom stereocenters. The second-order valence-corrected chi connectivity index (χ2v) is 3.59. The lowest BCUT2D eigenvalue weighted by Crippen LogP contribution is -2.02. The average molecular weight is 230 g/mol. The summed E-state index contributed by atoms with van der Waals surface area (Å²) < 4.78 is 18.3. The first-order valence-electron chi connectivity index (χ1n) is 5.32. The van der Waals surface area contributed by atoms with Crippen molar-refractivity contribution >= 4 is 5.69 Å². The molecule has 17 heavy (non-hydrogen) atoms. The standard InChI is InChI=1S/C14H13FNO/c1-17-14-8-7-12(15)9-11(14)10-16-13-5-3-2-4-6-13/h2-5,7-9,16H,10H2,1H3. The SMILES string of the molecule is COc1ccc(F)cc1CNc1[c]cccc1. The molecule has 2 aromatic carbocycles. The van der Waals surface area contributed by atoms with Gasteiger partial charge in [0, 0.05) is 23.9 Å². The Labute approximate surface area is 100 Å². The van der Waals surface area contributed by atoms with E-state index in [1.54, 1.807) is 13.2 Å². The van der Waals surface area contributed by atoms with Gasteiger partial charge in [-0.2, -0.15) is 0 Å². The van der Waals surface area contributed by atoms with E-state index in [-0.39, 0.29) is 5.82 Å². The van der Waals surface area contributed by atoms with Crippen molar-refractivity contribution in [2.45, 2.75) is 6.54 Å². The Morgan fingerprint density at radius 3 is 2.88 bits per heavy atom. The van der Waals surface area contributed by atoms with Gasteiger partial charge in [0.1, 0.15) is 11.6 Å². The summed E-state index contributed by atoms with van der Waals surface area (Å²) in [5.41, 5.74) is 1.66. The minimum Gasteiger partial charge on any atom is -0.496 e. The normalized spacial score (nSPS) is 10.0. The fraction of sp³-hybridized carbons (Fsp3) is 0.143. The van der Waals surface area contributed by atoms with Crippen LogP contribution in [0.25, 0.3) is 0 Å². The van der Waals surface area contributed by atoms with Crippen molar-refractivity contribution < 1.29 is 9.13 Å². The number of nitrogens with one attached hydrogen (secondary N) is 1. The highest BCUT2D eigenvalue weighted by Crippen LogP contribution is 2.20. The summed E-state index contributed by atoms with van der Waals surface area (Å²) in [6.45, 7) is 0.501. The molecule has 0 fully saturated rings. The number of methoxy groups -OCH3 is 1. The molecule has 3 heteroatoms. The number of rotatable bonds is 4. The lowest BCUT2D eigenvalue weighted by atomic mass is 10.2. The number of ether oxygens (including phenoxy) is 1. The summed E-state index contributed by atoms with van der Waals surface area (Å²) in [6.07, 6.45) is 0. The summed E-state index contributed by atoms with van der Waals surface area (Å²) in [5, 5.41) is 3.16. The van der Waals surface area contributed by atoms with Gasteiger partial charge in [-0.05, 0) is 24.3 Å². The van der Waals surface area contributed by atoms with E-state index in [2.05, 4.69) is 11.4 Å². The molecule has 0 atom stereocenters. The van der Waals surface area contributed by atoms with Gasteiger partial charge in [-0.25, -0.2) is 4.39 Å². The third kappa shape index (κ3) is 2.97. The fourth-order valence-corrected chi connectivity index (χ4v) is 1.58. The fourth-order valence-electron chi connectivity index (χ4n) is 1.58. The molecule has 0 heterocycles. The number of para-hydroxylation sites is 1. The largest absolute Gasteiger partial charge is 0.496 e. The molecule has 0 aliphatic carbocycles. The van der Waals surface area contributed by atoms with E-state index >= 15 is 0 Å². The molecule has 0 amide bonds. The summed E-state index contributed by atoms with van der Waals surface area (Å²) >= 11 is 0. The molecule has 0 bridgehead atoms. The van der Waals surface area contributed by atoms with Gasteiger partial charge in [-0.3, -0.25) is 0 Å². The lowest BCUT2D eigenvalue weighted by Gasteiger charge is -2.10. The number of benzene rings is 2. The molecule has 2 aromatic rings. The number of halogens is 1. The van der Waals surface area contributed by atoms with E-state index in [9.17, 15) is 4.39 Å². The second-order valence-electron chi connectivity index (χ2n) is 3.59. The summed E-state index contributed by atoms with van der Waals surface area (Å²) in [5.74, 6) is 0.412. The van der Waals surface area contributed by atoms with Crippen LogP contribution < -0.4 is 10.1 Å². The van der Waals surface area contributed by atoms with Crippen molar-refractivity contribution in [3.05, 3.63) is 59.9 Å². The highest BCUT2D eigenvalue weighted by Gasteiger charge is 2.04. The molecule has 87 valence electrons. The Morgan fingerprint density at radius 1 is 1.29 bits per heavy atom. The zero-order valence-electron chi connectivity index (χ0n) is 9.53. The van der Waals surface area contributed by atoms with Crippen molar-refractivity contribution in [2.24, 2.45) is 0 Å². The first-order chi connectivity index (χ1) is 8.29. The Bertz CT molecular complexity index is 485. The van der Waals surface area contributed by atoms with Gasteiger partial charge in [-0.15, -0.1) is 0 Å². The summed E-state index contributed by atoms with van der Waals surface area (Å²) in [4.78, 5) is 0. The number of anilines is 1. The van der Waals surface area contributed by atoms with E-state index in [1.807, 2.05) is 24.3 Å². The monoisotopic (exact) mass is 230 g/mol. The summed E-state index contributed by atoms with van der Waals surface area (Å²) in [7, 11) is 1.57. The van der Waals surface area contributed by atoms with Gasteiger partial charge in [0.2, 0.25) is 0 Å². The molecule has 0 aliphatic heterocycles. The predicted octanol–water partition coefficient (Wildman–Crippen LogP) is 3.25. The zero-order valence-corrected chi connectivity index (χ0v) is 9.53. The van der Waals surface area contributed by atoms with Crippen LogP contribution in [0.2, 0.25) is 0 Å². The Hall–Kier alpha value is -2.03. The van der Waals surface area contributed by atoms with Crippen LogP contribution in [-0.2, 0) is 6.54 Å².